The first-order chi connectivity index (χ1) is 28.9. The molecule has 4 fully saturated rings. The molecule has 0 amide bonds. The normalized spacial score (nSPS) is 18.4. The molecule has 0 unspecified atom stereocenters. The van der Waals surface area contributed by atoms with Crippen molar-refractivity contribution >= 4 is 0 Å². The van der Waals surface area contributed by atoms with Crippen LogP contribution in [0.5, 0.6) is 11.5 Å². The fraction of sp³-hybridized carbons (Fsp3) is 0.609. The number of ether oxygens (including phenoxy) is 1. The summed E-state index contributed by atoms with van der Waals surface area (Å²) in [5.41, 5.74) is 2.94. The van der Waals surface area contributed by atoms with E-state index in [1.807, 2.05) is 6.07 Å². The highest BCUT2D eigenvalue weighted by Gasteiger charge is 2.17. The SMILES string of the molecule is Fc1cc(-c2nc(CN3CCCCC3)co2)ccc1OCCCN1CCCCC1.OCCCN1CCCCC1.Oc1ccc(-c2nc(CN3CCCCC3)co2)cc1F. The van der Waals surface area contributed by atoms with Crippen molar-refractivity contribution in [3.05, 3.63) is 71.9 Å². The zero-order chi connectivity index (χ0) is 41.1. The average Bonchev–Trinajstić information content (AvgIpc) is 3.95. The Morgan fingerprint density at radius 2 is 1.00 bits per heavy atom. The van der Waals surface area contributed by atoms with E-state index in [2.05, 4.69) is 29.6 Å². The first-order valence-electron chi connectivity index (χ1n) is 22.2. The van der Waals surface area contributed by atoms with Crippen LogP contribution in [0.4, 0.5) is 8.78 Å². The lowest BCUT2D eigenvalue weighted by atomic mass is 10.1. The standard InChI is InChI=1S/C23H32FN3O2.C15H17FN2O2.C8H17NO/c24-21-16-19(23-25-20(18-29-23)17-27-12-5-2-6-13-27)8-9-22(21)28-15-7-14-26-10-3-1-4-11-26;16-13-8-11(4-5-14(13)19)15-17-12(10-20-15)9-18-6-2-1-3-7-18;10-8-4-7-9-5-2-1-3-6-9/h8-9,16,18H,1-7,10-15,17H2;4-5,8,10,19H,1-3,6-7,9H2;10H,1-8H2. The maximum Gasteiger partial charge on any atom is 0.226 e. The quantitative estimate of drug-likeness (QED) is 0.119. The number of hydrogen-bond acceptors (Lipinski definition) is 11. The summed E-state index contributed by atoms with van der Waals surface area (Å²) in [6.07, 6.45) is 20.8. The molecular formula is C46H66F2N6O5. The van der Waals surface area contributed by atoms with E-state index >= 15 is 0 Å². The average molecular weight is 821 g/mol. The van der Waals surface area contributed by atoms with E-state index in [0.29, 0.717) is 41.9 Å². The van der Waals surface area contributed by atoms with E-state index in [9.17, 15) is 13.9 Å². The Balaban J connectivity index is 0.000000168. The lowest BCUT2D eigenvalue weighted by molar-refractivity contribution is 0.198. The van der Waals surface area contributed by atoms with E-state index < -0.39 is 5.82 Å². The number of aromatic nitrogens is 2. The molecule has 4 saturated heterocycles. The Morgan fingerprint density at radius 3 is 1.46 bits per heavy atom. The number of phenolic OH excluding ortho intramolecular Hbond substituents is 1. The number of aromatic hydroxyl groups is 1. The summed E-state index contributed by atoms with van der Waals surface area (Å²) in [5.74, 6) is -0.251. The molecule has 13 heteroatoms. The van der Waals surface area contributed by atoms with Gasteiger partial charge in [-0.15, -0.1) is 0 Å². The predicted octanol–water partition coefficient (Wildman–Crippen LogP) is 8.75. The van der Waals surface area contributed by atoms with Crippen LogP contribution < -0.4 is 4.74 Å². The molecule has 0 aliphatic carbocycles. The third-order valence-electron chi connectivity index (χ3n) is 11.6. The number of aliphatic hydroxyl groups excluding tert-OH is 1. The zero-order valence-corrected chi connectivity index (χ0v) is 35.0. The summed E-state index contributed by atoms with van der Waals surface area (Å²) < 4.78 is 44.5. The van der Waals surface area contributed by atoms with Crippen LogP contribution in [0, 0.1) is 11.6 Å². The molecule has 4 aliphatic heterocycles. The minimum atomic E-state index is -0.668. The van der Waals surface area contributed by atoms with E-state index in [4.69, 9.17) is 18.7 Å². The zero-order valence-electron chi connectivity index (χ0n) is 35.0. The summed E-state index contributed by atoms with van der Waals surface area (Å²) in [6.45, 7) is 13.8. The van der Waals surface area contributed by atoms with Crippen LogP contribution in [0.25, 0.3) is 22.9 Å². The first-order valence-corrected chi connectivity index (χ1v) is 22.2. The van der Waals surface area contributed by atoms with Gasteiger partial charge in [0.15, 0.2) is 23.1 Å². The van der Waals surface area contributed by atoms with Gasteiger partial charge in [-0.05, 0) is 153 Å². The second-order valence-corrected chi connectivity index (χ2v) is 16.4. The molecule has 4 aromatic rings. The number of piperidine rings is 4. The number of aliphatic hydroxyl groups is 1. The van der Waals surface area contributed by atoms with Gasteiger partial charge in [-0.2, -0.15) is 0 Å². The summed E-state index contributed by atoms with van der Waals surface area (Å²) in [4.78, 5) is 18.6. The van der Waals surface area contributed by atoms with Gasteiger partial charge in [0.1, 0.15) is 12.5 Å². The summed E-state index contributed by atoms with van der Waals surface area (Å²) in [7, 11) is 0. The van der Waals surface area contributed by atoms with Gasteiger partial charge in [-0.25, -0.2) is 18.7 Å². The number of rotatable bonds is 14. The molecule has 4 aliphatic rings. The Kier molecular flexibility index (Phi) is 18.5. The van der Waals surface area contributed by atoms with Gasteiger partial charge in [-0.1, -0.05) is 25.7 Å². The van der Waals surface area contributed by atoms with Gasteiger partial charge in [-0.3, -0.25) is 9.80 Å². The molecule has 8 rings (SSSR count). The summed E-state index contributed by atoms with van der Waals surface area (Å²) >= 11 is 0. The molecule has 2 aromatic carbocycles. The molecule has 11 nitrogen and oxygen atoms in total. The van der Waals surface area contributed by atoms with Crippen molar-refractivity contribution in [3.63, 3.8) is 0 Å². The highest BCUT2D eigenvalue weighted by atomic mass is 19.1. The van der Waals surface area contributed by atoms with E-state index in [1.165, 1.54) is 121 Å². The van der Waals surface area contributed by atoms with Gasteiger partial charge < -0.3 is 33.6 Å². The Labute approximate surface area is 349 Å². The Morgan fingerprint density at radius 1 is 0.559 bits per heavy atom. The van der Waals surface area contributed by atoms with Crippen molar-refractivity contribution in [2.24, 2.45) is 0 Å². The fourth-order valence-electron chi connectivity index (χ4n) is 8.24. The third-order valence-corrected chi connectivity index (χ3v) is 11.6. The monoisotopic (exact) mass is 821 g/mol. The molecular weight excluding hydrogens is 755 g/mol. The molecule has 324 valence electrons. The summed E-state index contributed by atoms with van der Waals surface area (Å²) in [5, 5.41) is 17.7. The number of phenols is 1. The highest BCUT2D eigenvalue weighted by molar-refractivity contribution is 5.56. The first kappa shape index (κ1) is 44.7. The molecule has 2 N–H and O–H groups in total. The van der Waals surface area contributed by atoms with Crippen LogP contribution in [0.3, 0.4) is 0 Å². The smallest absolute Gasteiger partial charge is 0.226 e. The lowest BCUT2D eigenvalue weighted by Gasteiger charge is -2.26. The molecule has 6 heterocycles. The van der Waals surface area contributed by atoms with Gasteiger partial charge in [0.2, 0.25) is 11.8 Å². The van der Waals surface area contributed by atoms with Gasteiger partial charge in [0.25, 0.3) is 0 Å². The number of benzene rings is 2. The molecule has 2 aromatic heterocycles. The Hall–Kier alpha value is -3.88. The van der Waals surface area contributed by atoms with Crippen LogP contribution in [-0.4, -0.2) is 118 Å². The van der Waals surface area contributed by atoms with Crippen molar-refractivity contribution in [2.75, 3.05) is 78.7 Å². The van der Waals surface area contributed by atoms with Gasteiger partial charge >= 0.3 is 0 Å². The maximum absolute atomic E-state index is 14.5. The van der Waals surface area contributed by atoms with Crippen LogP contribution in [0.15, 0.2) is 57.8 Å². The Bertz CT molecular complexity index is 1780. The molecule has 0 atom stereocenters. The fourth-order valence-corrected chi connectivity index (χ4v) is 8.24. The lowest BCUT2D eigenvalue weighted by Crippen LogP contribution is -2.31. The number of nitrogens with zero attached hydrogens (tertiary/aromatic N) is 6. The van der Waals surface area contributed by atoms with Crippen molar-refractivity contribution in [3.8, 4) is 34.4 Å². The van der Waals surface area contributed by atoms with Crippen molar-refractivity contribution in [2.45, 2.75) is 103 Å². The second kappa shape index (κ2) is 24.4. The minimum absolute atomic E-state index is 0.299. The van der Waals surface area contributed by atoms with Crippen LogP contribution in [-0.2, 0) is 13.1 Å². The van der Waals surface area contributed by atoms with Crippen molar-refractivity contribution in [1.29, 1.82) is 0 Å². The van der Waals surface area contributed by atoms with Crippen molar-refractivity contribution in [1.82, 2.24) is 29.6 Å². The van der Waals surface area contributed by atoms with E-state index in [-0.39, 0.29) is 11.6 Å². The summed E-state index contributed by atoms with van der Waals surface area (Å²) in [6, 6.07) is 9.08. The van der Waals surface area contributed by atoms with Crippen LogP contribution in [0.1, 0.15) is 101 Å². The topological polar surface area (TPSA) is 115 Å². The highest BCUT2D eigenvalue weighted by Crippen LogP contribution is 2.27. The maximum atomic E-state index is 14.5. The molecule has 0 spiro atoms. The number of oxazole rings is 2. The predicted molar refractivity (Wildman–Crippen MR) is 226 cm³/mol. The molecule has 59 heavy (non-hydrogen) atoms. The number of hydrogen-bond donors (Lipinski definition) is 2. The van der Waals surface area contributed by atoms with Crippen LogP contribution in [0.2, 0.25) is 0 Å². The van der Waals surface area contributed by atoms with E-state index in [0.717, 1.165) is 76.6 Å². The third kappa shape index (κ3) is 15.0. The number of likely N-dealkylation sites (tertiary alicyclic amines) is 4. The molecule has 0 radical (unpaired) electrons. The van der Waals surface area contributed by atoms with E-state index in [1.54, 1.807) is 24.7 Å². The van der Waals surface area contributed by atoms with Crippen LogP contribution >= 0.6 is 0 Å². The van der Waals surface area contributed by atoms with Gasteiger partial charge in [0, 0.05) is 43.9 Å². The number of halogens is 2. The van der Waals surface area contributed by atoms with Gasteiger partial charge in [0.05, 0.1) is 18.0 Å². The second-order valence-electron chi connectivity index (χ2n) is 16.4. The minimum Gasteiger partial charge on any atom is -0.505 e. The molecule has 0 saturated carbocycles. The molecule has 0 bridgehead atoms. The van der Waals surface area contributed by atoms with Crippen molar-refractivity contribution < 1.29 is 32.6 Å². The largest absolute Gasteiger partial charge is 0.505 e.